The van der Waals surface area contributed by atoms with Crippen LogP contribution in [-0.4, -0.2) is 28.8 Å². The average Bonchev–Trinajstić information content (AvgIpc) is 3.01. The van der Waals surface area contributed by atoms with Crippen LogP contribution in [0.5, 0.6) is 0 Å². The SMILES string of the molecule is CC(=O)c1ccc(NC(=O)COC(=O)c2cc(C)n(-c3ccccc3)c2C)cc1. The summed E-state index contributed by atoms with van der Waals surface area (Å²) in [5.74, 6) is -1.06. The van der Waals surface area contributed by atoms with Crippen molar-refractivity contribution in [1.82, 2.24) is 4.57 Å². The molecule has 0 unspecified atom stereocenters. The predicted molar refractivity (Wildman–Crippen MR) is 111 cm³/mol. The molecule has 148 valence electrons. The van der Waals surface area contributed by atoms with Crippen LogP contribution in [0.3, 0.4) is 0 Å². The Bertz CT molecular complexity index is 1050. The number of carbonyl (C=O) groups is 3. The second-order valence-electron chi connectivity index (χ2n) is 6.71. The number of nitrogens with one attached hydrogen (secondary N) is 1. The highest BCUT2D eigenvalue weighted by molar-refractivity contribution is 5.97. The first-order chi connectivity index (χ1) is 13.9. The highest BCUT2D eigenvalue weighted by Gasteiger charge is 2.19. The molecule has 3 aromatic rings. The molecule has 0 aliphatic rings. The van der Waals surface area contributed by atoms with Crippen molar-refractivity contribution in [2.75, 3.05) is 11.9 Å². The number of para-hydroxylation sites is 1. The largest absolute Gasteiger partial charge is 0.452 e. The van der Waals surface area contributed by atoms with Crippen LogP contribution in [-0.2, 0) is 9.53 Å². The summed E-state index contributed by atoms with van der Waals surface area (Å²) in [7, 11) is 0. The molecule has 0 spiro atoms. The predicted octanol–water partition coefficient (Wildman–Crippen LogP) is 4.09. The monoisotopic (exact) mass is 390 g/mol. The number of rotatable bonds is 6. The molecule has 0 bridgehead atoms. The summed E-state index contributed by atoms with van der Waals surface area (Å²) in [6.45, 7) is 4.82. The minimum atomic E-state index is -0.553. The Morgan fingerprint density at radius 1 is 0.966 bits per heavy atom. The van der Waals surface area contributed by atoms with Gasteiger partial charge in [-0.25, -0.2) is 4.79 Å². The molecule has 0 aliphatic heterocycles. The molecule has 1 N–H and O–H groups in total. The normalized spacial score (nSPS) is 10.4. The molecular weight excluding hydrogens is 368 g/mol. The van der Waals surface area contributed by atoms with E-state index in [1.54, 1.807) is 30.3 Å². The van der Waals surface area contributed by atoms with Gasteiger partial charge in [0.05, 0.1) is 5.56 Å². The van der Waals surface area contributed by atoms with E-state index in [9.17, 15) is 14.4 Å². The standard InChI is InChI=1S/C23H22N2O4/c1-15-13-21(16(2)25(15)20-7-5-4-6-8-20)23(28)29-14-22(27)24-19-11-9-18(10-12-19)17(3)26/h4-13H,14H2,1-3H3,(H,24,27). The molecule has 0 saturated heterocycles. The molecular formula is C23H22N2O4. The van der Waals surface area contributed by atoms with Gasteiger partial charge in [0.1, 0.15) is 0 Å². The molecule has 1 heterocycles. The van der Waals surface area contributed by atoms with Crippen molar-refractivity contribution < 1.29 is 19.1 Å². The molecule has 0 radical (unpaired) electrons. The van der Waals surface area contributed by atoms with Gasteiger partial charge in [-0.15, -0.1) is 0 Å². The lowest BCUT2D eigenvalue weighted by atomic mass is 10.1. The number of Topliss-reactive ketones (excluding diaryl/α,β-unsaturated/α-hetero) is 1. The molecule has 6 nitrogen and oxygen atoms in total. The summed E-state index contributed by atoms with van der Waals surface area (Å²) < 4.78 is 7.16. The fourth-order valence-electron chi connectivity index (χ4n) is 3.14. The van der Waals surface area contributed by atoms with Gasteiger partial charge in [-0.2, -0.15) is 0 Å². The molecule has 0 saturated carbocycles. The number of carbonyl (C=O) groups excluding carboxylic acids is 3. The van der Waals surface area contributed by atoms with Crippen LogP contribution in [0.1, 0.15) is 39.0 Å². The number of esters is 1. The Balaban J connectivity index is 1.63. The molecule has 1 amide bonds. The lowest BCUT2D eigenvalue weighted by Crippen LogP contribution is -2.21. The van der Waals surface area contributed by atoms with Crippen molar-refractivity contribution in [3.8, 4) is 5.69 Å². The van der Waals surface area contributed by atoms with E-state index in [1.807, 2.05) is 48.7 Å². The van der Waals surface area contributed by atoms with Gasteiger partial charge in [0, 0.05) is 28.3 Å². The number of aromatic nitrogens is 1. The van der Waals surface area contributed by atoms with Gasteiger partial charge >= 0.3 is 5.97 Å². The third-order valence-corrected chi connectivity index (χ3v) is 4.57. The molecule has 1 aromatic heterocycles. The van der Waals surface area contributed by atoms with Crippen LogP contribution in [0.15, 0.2) is 60.7 Å². The minimum absolute atomic E-state index is 0.0510. The Hall–Kier alpha value is -3.67. The number of benzene rings is 2. The van der Waals surface area contributed by atoms with Crippen LogP contribution >= 0.6 is 0 Å². The van der Waals surface area contributed by atoms with Crippen LogP contribution in [0.4, 0.5) is 5.69 Å². The second-order valence-corrected chi connectivity index (χ2v) is 6.71. The van der Waals surface area contributed by atoms with E-state index in [0.29, 0.717) is 16.8 Å². The van der Waals surface area contributed by atoms with Crippen LogP contribution in [0.2, 0.25) is 0 Å². The van der Waals surface area contributed by atoms with Crippen molar-refractivity contribution >= 4 is 23.3 Å². The number of ether oxygens (including phenoxy) is 1. The number of anilines is 1. The molecule has 0 aliphatic carbocycles. The number of amides is 1. The number of ketones is 1. The lowest BCUT2D eigenvalue weighted by Gasteiger charge is -2.10. The quantitative estimate of drug-likeness (QED) is 0.508. The highest BCUT2D eigenvalue weighted by Crippen LogP contribution is 2.21. The van der Waals surface area contributed by atoms with Crippen LogP contribution < -0.4 is 5.32 Å². The zero-order chi connectivity index (χ0) is 21.0. The lowest BCUT2D eigenvalue weighted by molar-refractivity contribution is -0.119. The maximum atomic E-state index is 12.5. The smallest absolute Gasteiger partial charge is 0.340 e. The average molecular weight is 390 g/mol. The van der Waals surface area contributed by atoms with Gasteiger partial charge in [-0.1, -0.05) is 18.2 Å². The first-order valence-electron chi connectivity index (χ1n) is 9.19. The Morgan fingerprint density at radius 3 is 2.24 bits per heavy atom. The maximum absolute atomic E-state index is 12.5. The van der Waals surface area contributed by atoms with E-state index in [0.717, 1.165) is 17.1 Å². The molecule has 0 atom stereocenters. The van der Waals surface area contributed by atoms with E-state index >= 15 is 0 Å². The van der Waals surface area contributed by atoms with Gasteiger partial charge in [0.15, 0.2) is 12.4 Å². The van der Waals surface area contributed by atoms with E-state index < -0.39 is 18.5 Å². The van der Waals surface area contributed by atoms with E-state index in [-0.39, 0.29) is 5.78 Å². The summed E-state index contributed by atoms with van der Waals surface area (Å²) in [6.07, 6.45) is 0. The van der Waals surface area contributed by atoms with Crippen molar-refractivity contribution in [2.45, 2.75) is 20.8 Å². The first kappa shape index (κ1) is 20.1. The minimum Gasteiger partial charge on any atom is -0.452 e. The summed E-state index contributed by atoms with van der Waals surface area (Å²) in [6, 6.07) is 18.0. The molecule has 2 aromatic carbocycles. The van der Waals surface area contributed by atoms with E-state index in [2.05, 4.69) is 5.32 Å². The van der Waals surface area contributed by atoms with Gasteiger partial charge < -0.3 is 14.6 Å². The van der Waals surface area contributed by atoms with Gasteiger partial charge in [0.2, 0.25) is 0 Å². The van der Waals surface area contributed by atoms with Gasteiger partial charge in [-0.05, 0) is 63.2 Å². The van der Waals surface area contributed by atoms with E-state index in [4.69, 9.17) is 4.74 Å². The number of hydrogen-bond acceptors (Lipinski definition) is 4. The fourth-order valence-corrected chi connectivity index (χ4v) is 3.14. The second kappa shape index (κ2) is 8.56. The molecule has 3 rings (SSSR count). The summed E-state index contributed by atoms with van der Waals surface area (Å²) in [5.41, 5.74) is 4.11. The van der Waals surface area contributed by atoms with Crippen molar-refractivity contribution in [1.29, 1.82) is 0 Å². The van der Waals surface area contributed by atoms with Crippen molar-refractivity contribution in [2.24, 2.45) is 0 Å². The zero-order valence-corrected chi connectivity index (χ0v) is 16.6. The third kappa shape index (κ3) is 4.60. The summed E-state index contributed by atoms with van der Waals surface area (Å²) in [5, 5.41) is 2.64. The number of nitrogens with zero attached hydrogens (tertiary/aromatic N) is 1. The van der Waals surface area contributed by atoms with Crippen LogP contribution in [0.25, 0.3) is 5.69 Å². The molecule has 6 heteroatoms. The topological polar surface area (TPSA) is 77.4 Å². The number of hydrogen-bond donors (Lipinski definition) is 1. The summed E-state index contributed by atoms with van der Waals surface area (Å²) >= 11 is 0. The summed E-state index contributed by atoms with van der Waals surface area (Å²) in [4.78, 5) is 35.9. The van der Waals surface area contributed by atoms with E-state index in [1.165, 1.54) is 6.92 Å². The Kier molecular flexibility index (Phi) is 5.93. The molecule has 29 heavy (non-hydrogen) atoms. The zero-order valence-electron chi connectivity index (χ0n) is 16.6. The van der Waals surface area contributed by atoms with Crippen molar-refractivity contribution in [3.63, 3.8) is 0 Å². The fraction of sp³-hybridized carbons (Fsp3) is 0.174. The van der Waals surface area contributed by atoms with Gasteiger partial charge in [0.25, 0.3) is 5.91 Å². The van der Waals surface area contributed by atoms with Crippen LogP contribution in [0, 0.1) is 13.8 Å². The Morgan fingerprint density at radius 2 is 1.62 bits per heavy atom. The maximum Gasteiger partial charge on any atom is 0.340 e. The molecule has 0 fully saturated rings. The van der Waals surface area contributed by atoms with Crippen molar-refractivity contribution in [3.05, 3.63) is 83.2 Å². The first-order valence-corrected chi connectivity index (χ1v) is 9.19. The Labute approximate surface area is 169 Å². The number of aryl methyl sites for hydroxylation is 1. The third-order valence-electron chi connectivity index (χ3n) is 4.57. The highest BCUT2D eigenvalue weighted by atomic mass is 16.5. The van der Waals surface area contributed by atoms with Gasteiger partial charge in [-0.3, -0.25) is 9.59 Å².